The molecule has 0 saturated carbocycles. The van der Waals surface area contributed by atoms with E-state index in [1.165, 1.54) is 0 Å². The fourth-order valence-electron chi connectivity index (χ4n) is 0.689. The van der Waals surface area contributed by atoms with Gasteiger partial charge in [-0.2, -0.15) is 0 Å². The van der Waals surface area contributed by atoms with Crippen LogP contribution in [0, 0.1) is 6.92 Å². The standard InChI is InChI=1S/C5H9FN/c1-2-7-3-5(6)4-7/h5H,1-4H2. The van der Waals surface area contributed by atoms with E-state index in [9.17, 15) is 4.39 Å². The topological polar surface area (TPSA) is 3.24 Å². The molecule has 41 valence electrons. The zero-order valence-corrected chi connectivity index (χ0v) is 4.23. The molecule has 1 aliphatic rings. The lowest BCUT2D eigenvalue weighted by atomic mass is 10.2. The van der Waals surface area contributed by atoms with Gasteiger partial charge in [0.1, 0.15) is 6.17 Å². The maximum Gasteiger partial charge on any atom is 0.125 e. The summed E-state index contributed by atoms with van der Waals surface area (Å²) in [5.74, 6) is 0. The van der Waals surface area contributed by atoms with Crippen LogP contribution >= 0.6 is 0 Å². The highest BCUT2D eigenvalue weighted by Gasteiger charge is 2.23. The van der Waals surface area contributed by atoms with Gasteiger partial charge in [0.2, 0.25) is 0 Å². The van der Waals surface area contributed by atoms with Crippen LogP contribution in [0.5, 0.6) is 0 Å². The minimum atomic E-state index is -0.568. The van der Waals surface area contributed by atoms with Gasteiger partial charge in [0.05, 0.1) is 0 Å². The van der Waals surface area contributed by atoms with Crippen LogP contribution in [-0.2, 0) is 0 Å². The number of hydrogen-bond donors (Lipinski definition) is 0. The van der Waals surface area contributed by atoms with Crippen LogP contribution in [0.25, 0.3) is 0 Å². The Morgan fingerprint density at radius 2 is 2.29 bits per heavy atom. The van der Waals surface area contributed by atoms with Gasteiger partial charge in [0.25, 0.3) is 0 Å². The Kier molecular flexibility index (Phi) is 1.28. The predicted octanol–water partition coefficient (Wildman–Crippen LogP) is 0.474. The molecule has 1 rings (SSSR count). The van der Waals surface area contributed by atoms with Gasteiger partial charge < -0.3 is 0 Å². The maximum absolute atomic E-state index is 11.9. The summed E-state index contributed by atoms with van der Waals surface area (Å²) in [6, 6.07) is 0. The molecule has 0 unspecified atom stereocenters. The van der Waals surface area contributed by atoms with Crippen molar-refractivity contribution in [3.8, 4) is 0 Å². The summed E-state index contributed by atoms with van der Waals surface area (Å²) in [7, 11) is 0. The average molecular weight is 102 g/mol. The minimum absolute atomic E-state index is 0.568. The molecule has 0 spiro atoms. The van der Waals surface area contributed by atoms with Gasteiger partial charge in [-0.15, -0.1) is 0 Å². The van der Waals surface area contributed by atoms with E-state index in [1.807, 2.05) is 4.90 Å². The highest BCUT2D eigenvalue weighted by Crippen LogP contribution is 2.08. The Morgan fingerprint density at radius 1 is 1.71 bits per heavy atom. The summed E-state index contributed by atoms with van der Waals surface area (Å²) < 4.78 is 11.9. The summed E-state index contributed by atoms with van der Waals surface area (Å²) in [4.78, 5) is 1.96. The molecule has 0 aromatic carbocycles. The zero-order valence-electron chi connectivity index (χ0n) is 4.23. The van der Waals surface area contributed by atoms with Gasteiger partial charge in [0, 0.05) is 13.1 Å². The highest BCUT2D eigenvalue weighted by molar-refractivity contribution is 4.78. The van der Waals surface area contributed by atoms with E-state index in [1.54, 1.807) is 0 Å². The van der Waals surface area contributed by atoms with E-state index in [-0.39, 0.29) is 0 Å². The molecule has 1 radical (unpaired) electrons. The Labute approximate surface area is 43.1 Å². The summed E-state index contributed by atoms with van der Waals surface area (Å²) in [6.45, 7) is 5.55. The van der Waals surface area contributed by atoms with Gasteiger partial charge in [-0.3, -0.25) is 4.90 Å². The Hall–Kier alpha value is -0.110. The van der Waals surface area contributed by atoms with E-state index >= 15 is 0 Å². The second-order valence-electron chi connectivity index (χ2n) is 1.86. The van der Waals surface area contributed by atoms with E-state index < -0.39 is 6.17 Å². The molecular weight excluding hydrogens is 93.1 g/mol. The number of alkyl halides is 1. The van der Waals surface area contributed by atoms with Crippen LogP contribution in [0.3, 0.4) is 0 Å². The van der Waals surface area contributed by atoms with E-state index in [2.05, 4.69) is 6.92 Å². The van der Waals surface area contributed by atoms with Gasteiger partial charge in [-0.05, 0) is 13.5 Å². The zero-order chi connectivity index (χ0) is 5.28. The molecule has 2 heteroatoms. The number of hydrogen-bond acceptors (Lipinski definition) is 1. The van der Waals surface area contributed by atoms with Crippen molar-refractivity contribution < 1.29 is 4.39 Å². The minimum Gasteiger partial charge on any atom is -0.297 e. The van der Waals surface area contributed by atoms with Gasteiger partial charge in [-0.1, -0.05) is 0 Å². The predicted molar refractivity (Wildman–Crippen MR) is 26.7 cm³/mol. The quantitative estimate of drug-likeness (QED) is 0.465. The summed E-state index contributed by atoms with van der Waals surface area (Å²) in [5, 5.41) is 0. The van der Waals surface area contributed by atoms with Crippen molar-refractivity contribution in [3.63, 3.8) is 0 Å². The van der Waals surface area contributed by atoms with E-state index in [0.29, 0.717) is 13.1 Å². The molecule has 0 N–H and O–H groups in total. The molecule has 1 aliphatic heterocycles. The Bertz CT molecular complexity index is 59.1. The first-order chi connectivity index (χ1) is 3.33. The molecule has 0 bridgehead atoms. The molecule has 1 fully saturated rings. The normalized spacial score (nSPS) is 24.9. The van der Waals surface area contributed by atoms with Gasteiger partial charge >= 0.3 is 0 Å². The lowest BCUT2D eigenvalue weighted by molar-refractivity contribution is 0.0766. The van der Waals surface area contributed by atoms with Crippen molar-refractivity contribution >= 4 is 0 Å². The Morgan fingerprint density at radius 3 is 2.43 bits per heavy atom. The monoisotopic (exact) mass is 102 g/mol. The third kappa shape index (κ3) is 0.911. The second-order valence-corrected chi connectivity index (χ2v) is 1.86. The third-order valence-electron chi connectivity index (χ3n) is 1.23. The smallest absolute Gasteiger partial charge is 0.125 e. The SMILES string of the molecule is [CH2]CN1CC(F)C1. The molecule has 1 saturated heterocycles. The lowest BCUT2D eigenvalue weighted by Gasteiger charge is -2.32. The fourth-order valence-corrected chi connectivity index (χ4v) is 0.689. The summed E-state index contributed by atoms with van der Waals surface area (Å²) in [6.07, 6.45) is -0.568. The van der Waals surface area contributed by atoms with Crippen LogP contribution in [0.4, 0.5) is 4.39 Å². The highest BCUT2D eigenvalue weighted by atomic mass is 19.1. The molecule has 1 heterocycles. The van der Waals surface area contributed by atoms with Crippen LogP contribution in [0.1, 0.15) is 0 Å². The van der Waals surface area contributed by atoms with Gasteiger partial charge in [0.15, 0.2) is 0 Å². The first kappa shape index (κ1) is 5.04. The first-order valence-corrected chi connectivity index (χ1v) is 2.48. The number of rotatable bonds is 1. The largest absolute Gasteiger partial charge is 0.297 e. The Balaban J connectivity index is 2.06. The lowest BCUT2D eigenvalue weighted by Crippen LogP contribution is -2.47. The molecule has 0 amide bonds. The van der Waals surface area contributed by atoms with Gasteiger partial charge in [-0.25, -0.2) is 4.39 Å². The van der Waals surface area contributed by atoms with E-state index in [0.717, 1.165) is 6.54 Å². The first-order valence-electron chi connectivity index (χ1n) is 2.48. The van der Waals surface area contributed by atoms with Crippen molar-refractivity contribution in [2.24, 2.45) is 0 Å². The van der Waals surface area contributed by atoms with Crippen LogP contribution in [0.2, 0.25) is 0 Å². The van der Waals surface area contributed by atoms with Crippen LogP contribution in [-0.4, -0.2) is 30.7 Å². The molecular formula is C5H9FN. The second kappa shape index (κ2) is 1.78. The molecule has 0 aromatic heterocycles. The molecule has 0 atom stereocenters. The number of nitrogens with zero attached hydrogens (tertiary/aromatic N) is 1. The van der Waals surface area contributed by atoms with Crippen molar-refractivity contribution in [1.82, 2.24) is 4.90 Å². The molecule has 0 aliphatic carbocycles. The summed E-state index contributed by atoms with van der Waals surface area (Å²) in [5.41, 5.74) is 0. The number of halogens is 1. The van der Waals surface area contributed by atoms with Crippen molar-refractivity contribution in [2.45, 2.75) is 6.17 Å². The van der Waals surface area contributed by atoms with Crippen LogP contribution < -0.4 is 0 Å². The average Bonchev–Trinajstić information content (AvgIpc) is 1.58. The fraction of sp³-hybridized carbons (Fsp3) is 0.800. The number of likely N-dealkylation sites (tertiary alicyclic amines) is 1. The van der Waals surface area contributed by atoms with Crippen LogP contribution in [0.15, 0.2) is 0 Å². The van der Waals surface area contributed by atoms with Crippen molar-refractivity contribution in [2.75, 3.05) is 19.6 Å². The summed E-state index contributed by atoms with van der Waals surface area (Å²) >= 11 is 0. The van der Waals surface area contributed by atoms with E-state index in [4.69, 9.17) is 0 Å². The maximum atomic E-state index is 11.9. The third-order valence-corrected chi connectivity index (χ3v) is 1.23. The van der Waals surface area contributed by atoms with Crippen molar-refractivity contribution in [3.05, 3.63) is 6.92 Å². The van der Waals surface area contributed by atoms with Crippen molar-refractivity contribution in [1.29, 1.82) is 0 Å². The molecule has 7 heavy (non-hydrogen) atoms. The molecule has 1 nitrogen and oxygen atoms in total. The molecule has 0 aromatic rings.